The third-order valence-corrected chi connectivity index (χ3v) is 2.91. The summed E-state index contributed by atoms with van der Waals surface area (Å²) in [5, 5.41) is 0. The molecule has 1 aromatic carbocycles. The van der Waals surface area contributed by atoms with E-state index < -0.39 is 0 Å². The third kappa shape index (κ3) is 3.53. The van der Waals surface area contributed by atoms with Gasteiger partial charge in [-0.1, -0.05) is 31.5 Å². The zero-order valence-electron chi connectivity index (χ0n) is 10.6. The summed E-state index contributed by atoms with van der Waals surface area (Å²) in [6.07, 6.45) is 3.47. The van der Waals surface area contributed by atoms with Crippen LogP contribution in [0, 0.1) is 0 Å². The lowest BCUT2D eigenvalue weighted by atomic mass is 10.1. The van der Waals surface area contributed by atoms with E-state index in [0.29, 0.717) is 0 Å². The average molecular weight is 220 g/mol. The molecule has 1 rings (SSSR count). The summed E-state index contributed by atoms with van der Waals surface area (Å²) in [7, 11) is 0. The molecular weight excluding hydrogens is 196 g/mol. The number of nitrogens with zero attached hydrogens (tertiary/aromatic N) is 1. The zero-order chi connectivity index (χ0) is 11.8. The van der Waals surface area contributed by atoms with Gasteiger partial charge in [0.2, 0.25) is 0 Å². The van der Waals surface area contributed by atoms with Gasteiger partial charge in [-0.25, -0.2) is 0 Å². The molecule has 0 bridgehead atoms. The summed E-state index contributed by atoms with van der Waals surface area (Å²) in [4.78, 5) is 2.45. The van der Waals surface area contributed by atoms with Crippen molar-refractivity contribution < 1.29 is 0 Å². The predicted molar refractivity (Wildman–Crippen MR) is 72.0 cm³/mol. The lowest BCUT2D eigenvalue weighted by Gasteiger charge is -2.25. The fourth-order valence-electron chi connectivity index (χ4n) is 1.98. The van der Waals surface area contributed by atoms with Gasteiger partial charge in [0.05, 0.1) is 0 Å². The quantitative estimate of drug-likeness (QED) is 0.765. The van der Waals surface area contributed by atoms with Crippen molar-refractivity contribution in [3.05, 3.63) is 29.8 Å². The van der Waals surface area contributed by atoms with Crippen molar-refractivity contribution in [3.63, 3.8) is 0 Å². The highest BCUT2D eigenvalue weighted by Gasteiger charge is 2.07. The van der Waals surface area contributed by atoms with Crippen molar-refractivity contribution in [3.8, 4) is 0 Å². The molecule has 1 aromatic rings. The molecule has 0 aromatic heterocycles. The molecule has 16 heavy (non-hydrogen) atoms. The fourth-order valence-corrected chi connectivity index (χ4v) is 1.98. The van der Waals surface area contributed by atoms with Crippen LogP contribution in [0.1, 0.15) is 32.3 Å². The number of para-hydroxylation sites is 1. The Morgan fingerprint density at radius 3 is 2.56 bits per heavy atom. The lowest BCUT2D eigenvalue weighted by Crippen LogP contribution is -2.25. The van der Waals surface area contributed by atoms with Gasteiger partial charge in [0, 0.05) is 18.8 Å². The number of anilines is 1. The Balaban J connectivity index is 2.81. The number of rotatable bonds is 7. The lowest BCUT2D eigenvalue weighted by molar-refractivity contribution is 0.728. The first kappa shape index (κ1) is 13.0. The minimum Gasteiger partial charge on any atom is -0.372 e. The van der Waals surface area contributed by atoms with E-state index in [1.165, 1.54) is 24.1 Å². The first-order valence-electron chi connectivity index (χ1n) is 6.36. The predicted octanol–water partition coefficient (Wildman–Crippen LogP) is 2.81. The third-order valence-electron chi connectivity index (χ3n) is 2.91. The molecule has 0 spiro atoms. The van der Waals surface area contributed by atoms with Crippen LogP contribution in [0.25, 0.3) is 0 Å². The molecule has 0 aliphatic rings. The van der Waals surface area contributed by atoms with Crippen molar-refractivity contribution in [2.75, 3.05) is 24.5 Å². The van der Waals surface area contributed by atoms with Crippen LogP contribution >= 0.6 is 0 Å². The molecule has 2 heteroatoms. The van der Waals surface area contributed by atoms with E-state index in [2.05, 4.69) is 43.0 Å². The van der Waals surface area contributed by atoms with Gasteiger partial charge in [0.25, 0.3) is 0 Å². The number of unbranched alkanes of at least 4 members (excludes halogenated alkanes) is 1. The maximum Gasteiger partial charge on any atom is 0.0399 e. The Morgan fingerprint density at radius 2 is 1.94 bits per heavy atom. The smallest absolute Gasteiger partial charge is 0.0399 e. The largest absolute Gasteiger partial charge is 0.372 e. The van der Waals surface area contributed by atoms with Gasteiger partial charge in [-0.2, -0.15) is 0 Å². The van der Waals surface area contributed by atoms with Crippen LogP contribution in [-0.2, 0) is 6.42 Å². The van der Waals surface area contributed by atoms with Crippen molar-refractivity contribution >= 4 is 5.69 Å². The highest BCUT2D eigenvalue weighted by molar-refractivity contribution is 5.53. The first-order chi connectivity index (χ1) is 7.83. The minimum atomic E-state index is 0.725. The molecule has 0 aliphatic heterocycles. The van der Waals surface area contributed by atoms with Crippen LogP contribution in [0.4, 0.5) is 5.69 Å². The van der Waals surface area contributed by atoms with E-state index in [0.717, 1.165) is 26.1 Å². The second-order valence-electron chi connectivity index (χ2n) is 4.10. The molecule has 2 N–H and O–H groups in total. The fraction of sp³-hybridized carbons (Fsp3) is 0.571. The maximum atomic E-state index is 5.65. The molecule has 0 saturated heterocycles. The summed E-state index contributed by atoms with van der Waals surface area (Å²) >= 11 is 0. The Kier molecular flexibility index (Phi) is 5.94. The topological polar surface area (TPSA) is 29.3 Å². The van der Waals surface area contributed by atoms with E-state index in [9.17, 15) is 0 Å². The second kappa shape index (κ2) is 7.29. The Morgan fingerprint density at radius 1 is 1.19 bits per heavy atom. The normalized spacial score (nSPS) is 10.4. The van der Waals surface area contributed by atoms with E-state index in [1.807, 2.05) is 0 Å². The molecule has 0 radical (unpaired) electrons. The van der Waals surface area contributed by atoms with Crippen molar-refractivity contribution in [1.82, 2.24) is 0 Å². The van der Waals surface area contributed by atoms with Crippen molar-refractivity contribution in [1.29, 1.82) is 0 Å². The van der Waals surface area contributed by atoms with Crippen LogP contribution in [0.5, 0.6) is 0 Å². The van der Waals surface area contributed by atoms with Crippen molar-refractivity contribution in [2.24, 2.45) is 5.73 Å². The van der Waals surface area contributed by atoms with Gasteiger partial charge in [0.15, 0.2) is 0 Å². The van der Waals surface area contributed by atoms with Gasteiger partial charge in [-0.3, -0.25) is 0 Å². The molecule has 90 valence electrons. The highest BCUT2D eigenvalue weighted by Crippen LogP contribution is 2.20. The van der Waals surface area contributed by atoms with Gasteiger partial charge in [-0.05, 0) is 37.9 Å². The zero-order valence-corrected chi connectivity index (χ0v) is 10.6. The minimum absolute atomic E-state index is 0.725. The van der Waals surface area contributed by atoms with Crippen LogP contribution in [0.3, 0.4) is 0 Å². The van der Waals surface area contributed by atoms with Crippen LogP contribution in [0.15, 0.2) is 24.3 Å². The van der Waals surface area contributed by atoms with Crippen LogP contribution in [0.2, 0.25) is 0 Å². The second-order valence-corrected chi connectivity index (χ2v) is 4.10. The van der Waals surface area contributed by atoms with E-state index in [-0.39, 0.29) is 0 Å². The summed E-state index contributed by atoms with van der Waals surface area (Å²) in [5.41, 5.74) is 8.40. The Bertz CT molecular complexity index is 297. The average Bonchev–Trinajstić information content (AvgIpc) is 2.32. The van der Waals surface area contributed by atoms with E-state index >= 15 is 0 Å². The number of hydrogen-bond acceptors (Lipinski definition) is 2. The van der Waals surface area contributed by atoms with Gasteiger partial charge >= 0.3 is 0 Å². The molecular formula is C14H24N2. The number of nitrogens with two attached hydrogens (primary N) is 1. The van der Waals surface area contributed by atoms with E-state index in [4.69, 9.17) is 5.73 Å². The molecule has 0 atom stereocenters. The van der Waals surface area contributed by atoms with Gasteiger partial charge < -0.3 is 10.6 Å². The molecule has 0 aliphatic carbocycles. The molecule has 0 heterocycles. The van der Waals surface area contributed by atoms with Gasteiger partial charge in [0.1, 0.15) is 0 Å². The Hall–Kier alpha value is -1.02. The van der Waals surface area contributed by atoms with Gasteiger partial charge in [-0.15, -0.1) is 0 Å². The first-order valence-corrected chi connectivity index (χ1v) is 6.36. The summed E-state index contributed by atoms with van der Waals surface area (Å²) in [5.74, 6) is 0. The van der Waals surface area contributed by atoms with E-state index in [1.54, 1.807) is 0 Å². The highest BCUT2D eigenvalue weighted by atomic mass is 15.1. The van der Waals surface area contributed by atoms with Crippen LogP contribution in [-0.4, -0.2) is 19.6 Å². The number of hydrogen-bond donors (Lipinski definition) is 1. The Labute approximate surface area is 99.5 Å². The molecule has 0 saturated carbocycles. The maximum absolute atomic E-state index is 5.65. The molecule has 2 nitrogen and oxygen atoms in total. The molecule has 0 amide bonds. The standard InChI is InChI=1S/C14H24N2/c1-3-5-12-16(4-2)14-9-7-6-8-13(14)10-11-15/h6-9H,3-5,10-12,15H2,1-2H3. The van der Waals surface area contributed by atoms with Crippen LogP contribution < -0.4 is 10.6 Å². The monoisotopic (exact) mass is 220 g/mol. The summed E-state index contributed by atoms with van der Waals surface area (Å²) < 4.78 is 0. The number of benzene rings is 1. The van der Waals surface area contributed by atoms with Crippen molar-refractivity contribution in [2.45, 2.75) is 33.1 Å². The summed E-state index contributed by atoms with van der Waals surface area (Å²) in [6.45, 7) is 7.40. The molecule has 0 fully saturated rings. The summed E-state index contributed by atoms with van der Waals surface area (Å²) in [6, 6.07) is 8.62. The molecule has 0 unspecified atom stereocenters. The SMILES string of the molecule is CCCCN(CC)c1ccccc1CCN.